The van der Waals surface area contributed by atoms with Crippen molar-refractivity contribution in [3.63, 3.8) is 0 Å². The summed E-state index contributed by atoms with van der Waals surface area (Å²) in [6.07, 6.45) is 3.37. The third-order valence-electron chi connectivity index (χ3n) is 0.644. The zero-order chi connectivity index (χ0) is 5.54. The normalized spacial score (nSPS) is 7.00. The van der Waals surface area contributed by atoms with Gasteiger partial charge in [0.2, 0.25) is 0 Å². The third-order valence-corrected chi connectivity index (χ3v) is 0.644. The zero-order valence-electron chi connectivity index (χ0n) is 5.09. The van der Waals surface area contributed by atoms with Gasteiger partial charge < -0.3 is 9.59 Å². The average Bonchev–Trinajstić information content (AvgIpc) is 1.69. The molecule has 0 aromatic heterocycles. The number of rotatable bonds is 4. The Morgan fingerprint density at radius 1 is 1.00 bits per heavy atom. The molecule has 8 heavy (non-hydrogen) atoms. The SMILES string of the molecule is O=CCCCC=O.[K]. The molecule has 0 rings (SSSR count). The molecule has 0 aliphatic carbocycles. The molecule has 0 fully saturated rings. The first-order chi connectivity index (χ1) is 3.41. The van der Waals surface area contributed by atoms with Gasteiger partial charge in [-0.15, -0.1) is 0 Å². The van der Waals surface area contributed by atoms with E-state index in [1.807, 2.05) is 0 Å². The van der Waals surface area contributed by atoms with Crippen LogP contribution < -0.4 is 0 Å². The average molecular weight is 139 g/mol. The molecule has 0 aromatic carbocycles. The van der Waals surface area contributed by atoms with Crippen LogP contribution in [0.3, 0.4) is 0 Å². The standard InChI is InChI=1S/C5H8O2.K/c6-4-2-1-3-5-7;/h4-5H,1-3H2;. The molecule has 0 N–H and O–H groups in total. The van der Waals surface area contributed by atoms with Gasteiger partial charge in [-0.05, 0) is 6.42 Å². The van der Waals surface area contributed by atoms with Crippen molar-refractivity contribution in [2.24, 2.45) is 0 Å². The second kappa shape index (κ2) is 10.9. The number of carbonyl (C=O) groups excluding carboxylic acids is 2. The Hall–Kier alpha value is 0.976. The molecule has 0 atom stereocenters. The van der Waals surface area contributed by atoms with Crippen LogP contribution in [0.4, 0.5) is 0 Å². The maximum absolute atomic E-state index is 9.56. The third kappa shape index (κ3) is 10.1. The van der Waals surface area contributed by atoms with Gasteiger partial charge in [-0.25, -0.2) is 0 Å². The molecule has 0 bridgehead atoms. The Bertz CT molecular complexity index is 55.4. The fourth-order valence-corrected chi connectivity index (χ4v) is 0.285. The van der Waals surface area contributed by atoms with Crippen LogP contribution in [0.15, 0.2) is 0 Å². The van der Waals surface area contributed by atoms with Gasteiger partial charge in [0.15, 0.2) is 0 Å². The predicted molar refractivity (Wildman–Crippen MR) is 31.7 cm³/mol. The summed E-state index contributed by atoms with van der Waals surface area (Å²) in [5.74, 6) is 0. The van der Waals surface area contributed by atoms with Crippen molar-refractivity contribution >= 4 is 64.0 Å². The van der Waals surface area contributed by atoms with E-state index in [0.29, 0.717) is 19.3 Å². The van der Waals surface area contributed by atoms with E-state index in [1.54, 1.807) is 0 Å². The Morgan fingerprint density at radius 3 is 1.62 bits per heavy atom. The number of carbonyl (C=O) groups is 2. The molecule has 41 valence electrons. The Morgan fingerprint density at radius 2 is 1.38 bits per heavy atom. The number of unbranched alkanes of at least 4 members (excludes halogenated alkanes) is 2. The van der Waals surface area contributed by atoms with E-state index in [9.17, 15) is 9.59 Å². The summed E-state index contributed by atoms with van der Waals surface area (Å²) >= 11 is 0. The Kier molecular flexibility index (Phi) is 15.9. The summed E-state index contributed by atoms with van der Waals surface area (Å²) in [6, 6.07) is 0. The van der Waals surface area contributed by atoms with Crippen molar-refractivity contribution in [1.29, 1.82) is 0 Å². The van der Waals surface area contributed by atoms with Crippen LogP contribution >= 0.6 is 0 Å². The van der Waals surface area contributed by atoms with Gasteiger partial charge in [0.1, 0.15) is 12.6 Å². The second-order valence-electron chi connectivity index (χ2n) is 1.26. The Balaban J connectivity index is 0. The molecule has 2 nitrogen and oxygen atoms in total. The molecule has 3 heteroatoms. The summed E-state index contributed by atoms with van der Waals surface area (Å²) in [6.45, 7) is 0. The largest absolute Gasteiger partial charge is 0.303 e. The zero-order valence-corrected chi connectivity index (χ0v) is 8.22. The monoisotopic (exact) mass is 139 g/mol. The molecule has 0 spiro atoms. The molecule has 0 saturated carbocycles. The first kappa shape index (κ1) is 11.7. The molecule has 0 unspecified atom stereocenters. The van der Waals surface area contributed by atoms with Gasteiger partial charge in [-0.1, -0.05) is 0 Å². The minimum Gasteiger partial charge on any atom is -0.303 e. The molecule has 0 saturated heterocycles. The van der Waals surface area contributed by atoms with E-state index in [4.69, 9.17) is 0 Å². The van der Waals surface area contributed by atoms with Crippen molar-refractivity contribution in [2.45, 2.75) is 19.3 Å². The van der Waals surface area contributed by atoms with Gasteiger partial charge in [0.25, 0.3) is 0 Å². The summed E-state index contributed by atoms with van der Waals surface area (Å²) in [5.41, 5.74) is 0. The maximum Gasteiger partial charge on any atom is 0.120 e. The fraction of sp³-hybridized carbons (Fsp3) is 0.600. The van der Waals surface area contributed by atoms with Crippen LogP contribution in [0.1, 0.15) is 19.3 Å². The smallest absolute Gasteiger partial charge is 0.120 e. The van der Waals surface area contributed by atoms with E-state index in [2.05, 4.69) is 0 Å². The van der Waals surface area contributed by atoms with E-state index in [-0.39, 0.29) is 51.4 Å². The minimum atomic E-state index is 0. The molecule has 0 aliphatic heterocycles. The van der Waals surface area contributed by atoms with E-state index >= 15 is 0 Å². The van der Waals surface area contributed by atoms with Crippen LogP contribution in [0.5, 0.6) is 0 Å². The second-order valence-corrected chi connectivity index (χ2v) is 1.26. The fourth-order valence-electron chi connectivity index (χ4n) is 0.285. The van der Waals surface area contributed by atoms with Crippen molar-refractivity contribution in [1.82, 2.24) is 0 Å². The molecular formula is C5H8KO2. The van der Waals surface area contributed by atoms with Gasteiger partial charge in [-0.3, -0.25) is 0 Å². The van der Waals surface area contributed by atoms with Gasteiger partial charge in [-0.2, -0.15) is 0 Å². The number of hydrogen-bond donors (Lipinski definition) is 0. The van der Waals surface area contributed by atoms with Crippen molar-refractivity contribution < 1.29 is 9.59 Å². The molecule has 0 aromatic rings. The summed E-state index contributed by atoms with van der Waals surface area (Å²) < 4.78 is 0. The summed E-state index contributed by atoms with van der Waals surface area (Å²) in [4.78, 5) is 19.1. The number of aldehydes is 2. The van der Waals surface area contributed by atoms with Gasteiger partial charge >= 0.3 is 0 Å². The summed E-state index contributed by atoms with van der Waals surface area (Å²) in [5, 5.41) is 0. The van der Waals surface area contributed by atoms with Gasteiger partial charge in [0, 0.05) is 64.2 Å². The summed E-state index contributed by atoms with van der Waals surface area (Å²) in [7, 11) is 0. The number of hydrogen-bond acceptors (Lipinski definition) is 2. The molecule has 1 radical (unpaired) electrons. The quantitative estimate of drug-likeness (QED) is 0.316. The van der Waals surface area contributed by atoms with E-state index < -0.39 is 0 Å². The van der Waals surface area contributed by atoms with Crippen LogP contribution in [-0.4, -0.2) is 64.0 Å². The van der Waals surface area contributed by atoms with Gasteiger partial charge in [0.05, 0.1) is 0 Å². The molecule has 0 heterocycles. The van der Waals surface area contributed by atoms with Crippen molar-refractivity contribution in [3.05, 3.63) is 0 Å². The molecular weight excluding hydrogens is 131 g/mol. The van der Waals surface area contributed by atoms with Crippen LogP contribution in [0.2, 0.25) is 0 Å². The topological polar surface area (TPSA) is 34.1 Å². The van der Waals surface area contributed by atoms with Crippen molar-refractivity contribution in [2.75, 3.05) is 0 Å². The molecule has 0 amide bonds. The first-order valence-corrected chi connectivity index (χ1v) is 2.29. The predicted octanol–water partition coefficient (Wildman–Crippen LogP) is 0.174. The van der Waals surface area contributed by atoms with E-state index in [1.165, 1.54) is 0 Å². The van der Waals surface area contributed by atoms with E-state index in [0.717, 1.165) is 12.6 Å². The van der Waals surface area contributed by atoms with Crippen LogP contribution in [0, 0.1) is 0 Å². The van der Waals surface area contributed by atoms with Crippen molar-refractivity contribution in [3.8, 4) is 0 Å². The molecule has 0 aliphatic rings. The maximum atomic E-state index is 9.56. The first-order valence-electron chi connectivity index (χ1n) is 2.29. The van der Waals surface area contributed by atoms with Crippen LogP contribution in [-0.2, 0) is 9.59 Å². The minimum absolute atomic E-state index is 0. The van der Waals surface area contributed by atoms with Crippen LogP contribution in [0.25, 0.3) is 0 Å². The Labute approximate surface area is 91.4 Å².